The fraction of sp³-hybridized carbons (Fsp3) is 0.150. The van der Waals surface area contributed by atoms with Crippen molar-refractivity contribution < 1.29 is 14.3 Å². The third kappa shape index (κ3) is 3.42. The molecule has 2 N–H and O–H groups in total. The number of hydrogen-bond acceptors (Lipinski definition) is 6. The molecule has 0 saturated carbocycles. The number of hydrogen-bond donors (Lipinski definition) is 1. The predicted octanol–water partition coefficient (Wildman–Crippen LogP) is 2.91. The van der Waals surface area contributed by atoms with Gasteiger partial charge in [-0.05, 0) is 30.2 Å². The Bertz CT molecular complexity index is 912. The number of nitrogens with zero attached hydrogens (tertiary/aromatic N) is 2. The minimum atomic E-state index is -0.653. The van der Waals surface area contributed by atoms with Crippen LogP contribution in [0.1, 0.15) is 24.0 Å². The van der Waals surface area contributed by atoms with Crippen molar-refractivity contribution in [3.05, 3.63) is 88.8 Å². The van der Waals surface area contributed by atoms with Crippen molar-refractivity contribution in [1.82, 2.24) is 4.98 Å². The van der Waals surface area contributed by atoms with Crippen LogP contribution in [0.25, 0.3) is 0 Å². The zero-order valence-corrected chi connectivity index (χ0v) is 14.2. The van der Waals surface area contributed by atoms with Crippen LogP contribution in [0, 0.1) is 11.3 Å². The Hall–Kier alpha value is -3.59. The second-order valence-electron chi connectivity index (χ2n) is 5.74. The number of nitriles is 1. The lowest BCUT2D eigenvalue weighted by Crippen LogP contribution is -2.25. The van der Waals surface area contributed by atoms with Crippen LogP contribution in [0.3, 0.4) is 0 Å². The number of rotatable bonds is 4. The van der Waals surface area contributed by atoms with Crippen LogP contribution in [0.15, 0.2) is 77.6 Å². The van der Waals surface area contributed by atoms with Gasteiger partial charge in [-0.3, -0.25) is 4.98 Å². The van der Waals surface area contributed by atoms with Gasteiger partial charge in [-0.2, -0.15) is 5.26 Å². The highest BCUT2D eigenvalue weighted by Gasteiger charge is 2.36. The Morgan fingerprint density at radius 2 is 1.96 bits per heavy atom. The van der Waals surface area contributed by atoms with E-state index in [4.69, 9.17) is 15.2 Å². The molecule has 1 aliphatic heterocycles. The fourth-order valence-electron chi connectivity index (χ4n) is 2.84. The van der Waals surface area contributed by atoms with E-state index >= 15 is 0 Å². The Kier molecular flexibility index (Phi) is 4.99. The van der Waals surface area contributed by atoms with E-state index in [1.165, 1.54) is 0 Å². The zero-order chi connectivity index (χ0) is 18.5. The molecule has 6 heteroatoms. The first-order valence-electron chi connectivity index (χ1n) is 8.01. The largest absolute Gasteiger partial charge is 0.457 e. The van der Waals surface area contributed by atoms with Gasteiger partial charge in [0.15, 0.2) is 0 Å². The van der Waals surface area contributed by atoms with E-state index < -0.39 is 11.9 Å². The van der Waals surface area contributed by atoms with E-state index in [2.05, 4.69) is 4.98 Å². The van der Waals surface area contributed by atoms with Gasteiger partial charge in [0.25, 0.3) is 0 Å². The minimum absolute atomic E-state index is 0.00794. The molecule has 130 valence electrons. The van der Waals surface area contributed by atoms with Crippen molar-refractivity contribution in [3.63, 3.8) is 0 Å². The summed E-state index contributed by atoms with van der Waals surface area (Å²) in [5, 5.41) is 9.53. The number of aromatic nitrogens is 1. The maximum absolute atomic E-state index is 12.8. The molecule has 6 nitrogen and oxygen atoms in total. The number of ether oxygens (including phenoxy) is 2. The van der Waals surface area contributed by atoms with Crippen molar-refractivity contribution in [3.8, 4) is 6.07 Å². The van der Waals surface area contributed by atoms with Gasteiger partial charge in [0.1, 0.15) is 24.0 Å². The Balaban J connectivity index is 1.93. The van der Waals surface area contributed by atoms with E-state index in [-0.39, 0.29) is 23.6 Å². The standard InChI is InChI=1S/C20H17N3O3/c1-13-17(20(24)25-12-14-5-3-2-4-6-14)18(15-7-9-23-10-8-15)16(11-21)19(22)26-13/h2-10,18H,12,22H2,1H3. The molecule has 0 spiro atoms. The van der Waals surface area contributed by atoms with Gasteiger partial charge in [0.2, 0.25) is 5.88 Å². The van der Waals surface area contributed by atoms with E-state index in [0.29, 0.717) is 11.3 Å². The maximum Gasteiger partial charge on any atom is 0.338 e. The molecule has 0 radical (unpaired) electrons. The Morgan fingerprint density at radius 1 is 1.27 bits per heavy atom. The molecule has 1 aromatic heterocycles. The normalized spacial score (nSPS) is 16.7. The second kappa shape index (κ2) is 7.53. The summed E-state index contributed by atoms with van der Waals surface area (Å²) in [5.74, 6) is -0.888. The first-order chi connectivity index (χ1) is 12.6. The molecule has 0 fully saturated rings. The lowest BCUT2D eigenvalue weighted by molar-refractivity contribution is -0.140. The molecule has 0 bridgehead atoms. The Labute approximate surface area is 151 Å². The summed E-state index contributed by atoms with van der Waals surface area (Å²) in [5.41, 5.74) is 7.89. The van der Waals surface area contributed by atoms with Gasteiger partial charge in [0, 0.05) is 12.4 Å². The highest BCUT2D eigenvalue weighted by molar-refractivity contribution is 5.92. The monoisotopic (exact) mass is 347 g/mol. The van der Waals surface area contributed by atoms with Crippen LogP contribution in [-0.2, 0) is 20.9 Å². The van der Waals surface area contributed by atoms with Crippen LogP contribution in [0.4, 0.5) is 0 Å². The lowest BCUT2D eigenvalue weighted by atomic mass is 9.83. The number of nitrogens with two attached hydrogens (primary N) is 1. The SMILES string of the molecule is CC1=C(C(=O)OCc2ccccc2)C(c2ccncc2)C(C#N)=C(N)O1. The van der Waals surface area contributed by atoms with Gasteiger partial charge in [0.05, 0.1) is 11.5 Å². The van der Waals surface area contributed by atoms with Crippen molar-refractivity contribution in [2.45, 2.75) is 19.4 Å². The van der Waals surface area contributed by atoms with E-state index in [9.17, 15) is 10.1 Å². The minimum Gasteiger partial charge on any atom is -0.457 e. The molecule has 2 aromatic rings. The molecule has 1 atom stereocenters. The molecular weight excluding hydrogens is 330 g/mol. The molecule has 26 heavy (non-hydrogen) atoms. The Morgan fingerprint density at radius 3 is 2.62 bits per heavy atom. The molecule has 1 aliphatic rings. The first kappa shape index (κ1) is 17.2. The fourth-order valence-corrected chi connectivity index (χ4v) is 2.84. The summed E-state index contributed by atoms with van der Waals surface area (Å²) in [4.78, 5) is 16.8. The van der Waals surface area contributed by atoms with E-state index in [1.807, 2.05) is 36.4 Å². The smallest absolute Gasteiger partial charge is 0.338 e. The average molecular weight is 347 g/mol. The first-order valence-corrected chi connectivity index (χ1v) is 8.01. The summed E-state index contributed by atoms with van der Waals surface area (Å²) in [6.07, 6.45) is 3.19. The molecule has 0 aliphatic carbocycles. The van der Waals surface area contributed by atoms with Gasteiger partial charge in [-0.25, -0.2) is 4.79 Å². The summed E-state index contributed by atoms with van der Waals surface area (Å²) >= 11 is 0. The molecular formula is C20H17N3O3. The zero-order valence-electron chi connectivity index (χ0n) is 14.2. The van der Waals surface area contributed by atoms with E-state index in [1.54, 1.807) is 31.5 Å². The van der Waals surface area contributed by atoms with Crippen LogP contribution < -0.4 is 5.73 Å². The highest BCUT2D eigenvalue weighted by atomic mass is 16.5. The third-order valence-electron chi connectivity index (χ3n) is 4.08. The number of pyridine rings is 1. The van der Waals surface area contributed by atoms with Crippen LogP contribution in [-0.4, -0.2) is 11.0 Å². The lowest BCUT2D eigenvalue weighted by Gasteiger charge is -2.26. The van der Waals surface area contributed by atoms with Crippen molar-refractivity contribution in [2.75, 3.05) is 0 Å². The van der Waals surface area contributed by atoms with Crippen LogP contribution in [0.5, 0.6) is 0 Å². The molecule has 2 heterocycles. The number of esters is 1. The summed E-state index contributed by atoms with van der Waals surface area (Å²) in [6.45, 7) is 1.76. The summed E-state index contributed by atoms with van der Waals surface area (Å²) in [6, 6.07) is 14.9. The number of benzene rings is 1. The summed E-state index contributed by atoms with van der Waals surface area (Å²) < 4.78 is 10.9. The van der Waals surface area contributed by atoms with Gasteiger partial charge in [-0.1, -0.05) is 30.3 Å². The van der Waals surface area contributed by atoms with Crippen LogP contribution >= 0.6 is 0 Å². The predicted molar refractivity (Wildman–Crippen MR) is 93.8 cm³/mol. The quantitative estimate of drug-likeness (QED) is 0.854. The molecule has 0 saturated heterocycles. The van der Waals surface area contributed by atoms with Crippen molar-refractivity contribution in [2.24, 2.45) is 5.73 Å². The third-order valence-corrected chi connectivity index (χ3v) is 4.08. The van der Waals surface area contributed by atoms with Gasteiger partial charge < -0.3 is 15.2 Å². The molecule has 0 amide bonds. The molecule has 3 rings (SSSR count). The number of carbonyl (C=O) groups excluding carboxylic acids is 1. The molecule has 1 aromatic carbocycles. The van der Waals surface area contributed by atoms with Gasteiger partial charge in [-0.15, -0.1) is 0 Å². The number of allylic oxidation sites excluding steroid dienone is 2. The highest BCUT2D eigenvalue weighted by Crippen LogP contribution is 2.39. The second-order valence-corrected chi connectivity index (χ2v) is 5.74. The van der Waals surface area contributed by atoms with Crippen LogP contribution in [0.2, 0.25) is 0 Å². The summed E-state index contributed by atoms with van der Waals surface area (Å²) in [7, 11) is 0. The number of carbonyl (C=O) groups is 1. The van der Waals surface area contributed by atoms with Crippen molar-refractivity contribution >= 4 is 5.97 Å². The van der Waals surface area contributed by atoms with E-state index in [0.717, 1.165) is 5.56 Å². The maximum atomic E-state index is 12.8. The van der Waals surface area contributed by atoms with Gasteiger partial charge >= 0.3 is 5.97 Å². The topological polar surface area (TPSA) is 98.2 Å². The van der Waals surface area contributed by atoms with Crippen molar-refractivity contribution in [1.29, 1.82) is 5.26 Å². The average Bonchev–Trinajstić information content (AvgIpc) is 2.67. The molecule has 1 unspecified atom stereocenters.